The van der Waals surface area contributed by atoms with Gasteiger partial charge in [-0.15, -0.1) is 6.58 Å². The third kappa shape index (κ3) is 9.50. The highest BCUT2D eigenvalue weighted by Gasteiger charge is 1.98. The number of hydrogen-bond acceptors (Lipinski definition) is 1. The van der Waals surface area contributed by atoms with Gasteiger partial charge in [0.2, 0.25) is 0 Å². The molecule has 0 aromatic carbocycles. The van der Waals surface area contributed by atoms with E-state index >= 15 is 0 Å². The van der Waals surface area contributed by atoms with Crippen LogP contribution in [0.5, 0.6) is 0 Å². The first-order valence-electron chi connectivity index (χ1n) is 5.87. The third-order valence-electron chi connectivity index (χ3n) is 2.55. The van der Waals surface area contributed by atoms with Crippen LogP contribution in [-0.4, -0.2) is 6.29 Å². The summed E-state index contributed by atoms with van der Waals surface area (Å²) in [7, 11) is 0. The number of unbranched alkanes of at least 4 members (excludes halogenated alkanes) is 6. The van der Waals surface area contributed by atoms with Gasteiger partial charge in [-0.05, 0) is 19.3 Å². The van der Waals surface area contributed by atoms with Crippen LogP contribution in [0, 0.1) is 5.92 Å². The van der Waals surface area contributed by atoms with Crippen molar-refractivity contribution in [1.29, 1.82) is 0 Å². The van der Waals surface area contributed by atoms with E-state index in [9.17, 15) is 4.79 Å². The lowest BCUT2D eigenvalue weighted by Gasteiger charge is -2.03. The average molecular weight is 196 g/mol. The average Bonchev–Trinajstić information content (AvgIpc) is 2.21. The molecule has 0 saturated carbocycles. The van der Waals surface area contributed by atoms with Crippen LogP contribution in [0.4, 0.5) is 0 Å². The van der Waals surface area contributed by atoms with Crippen molar-refractivity contribution in [1.82, 2.24) is 0 Å². The highest BCUT2D eigenvalue weighted by atomic mass is 16.1. The molecule has 0 aliphatic carbocycles. The Morgan fingerprint density at radius 2 is 1.64 bits per heavy atom. The highest BCUT2D eigenvalue weighted by molar-refractivity contribution is 5.52. The second kappa shape index (κ2) is 10.5. The first-order chi connectivity index (χ1) is 6.81. The molecule has 0 radical (unpaired) electrons. The van der Waals surface area contributed by atoms with E-state index in [0.717, 1.165) is 19.1 Å². The molecule has 82 valence electrons. The van der Waals surface area contributed by atoms with E-state index in [0.29, 0.717) is 0 Å². The van der Waals surface area contributed by atoms with E-state index in [4.69, 9.17) is 0 Å². The summed E-state index contributed by atoms with van der Waals surface area (Å²) in [4.78, 5) is 10.3. The van der Waals surface area contributed by atoms with Gasteiger partial charge in [0, 0.05) is 5.92 Å². The molecule has 0 saturated heterocycles. The predicted molar refractivity (Wildman–Crippen MR) is 62.4 cm³/mol. The minimum atomic E-state index is 0.260. The van der Waals surface area contributed by atoms with Crippen LogP contribution in [0.25, 0.3) is 0 Å². The van der Waals surface area contributed by atoms with Crippen molar-refractivity contribution in [2.75, 3.05) is 0 Å². The molecule has 0 aromatic rings. The van der Waals surface area contributed by atoms with Gasteiger partial charge < -0.3 is 4.79 Å². The summed E-state index contributed by atoms with van der Waals surface area (Å²) in [5.74, 6) is 0.260. The molecule has 0 aliphatic heterocycles. The summed E-state index contributed by atoms with van der Waals surface area (Å²) < 4.78 is 0. The van der Waals surface area contributed by atoms with Gasteiger partial charge in [-0.1, -0.05) is 45.1 Å². The summed E-state index contributed by atoms with van der Waals surface area (Å²) >= 11 is 0. The molecule has 0 bridgehead atoms. The normalized spacial score (nSPS) is 12.4. The van der Waals surface area contributed by atoms with Crippen LogP contribution in [0.2, 0.25) is 0 Å². The Balaban J connectivity index is 2.98. The zero-order valence-electron chi connectivity index (χ0n) is 9.50. The highest BCUT2D eigenvalue weighted by Crippen LogP contribution is 2.11. The Morgan fingerprint density at radius 1 is 1.07 bits per heavy atom. The Hall–Kier alpha value is -0.590. The van der Waals surface area contributed by atoms with Gasteiger partial charge >= 0.3 is 0 Å². The van der Waals surface area contributed by atoms with Crippen molar-refractivity contribution in [3.05, 3.63) is 12.7 Å². The van der Waals surface area contributed by atoms with E-state index in [1.165, 1.54) is 38.5 Å². The molecule has 1 unspecified atom stereocenters. The van der Waals surface area contributed by atoms with E-state index in [2.05, 4.69) is 6.58 Å². The second-order valence-corrected chi connectivity index (χ2v) is 4.10. The van der Waals surface area contributed by atoms with Gasteiger partial charge in [0.1, 0.15) is 6.29 Å². The van der Waals surface area contributed by atoms with Crippen LogP contribution in [0.1, 0.15) is 58.3 Å². The van der Waals surface area contributed by atoms with E-state index < -0.39 is 0 Å². The van der Waals surface area contributed by atoms with E-state index in [-0.39, 0.29) is 5.92 Å². The molecule has 0 aromatic heterocycles. The largest absolute Gasteiger partial charge is 0.303 e. The van der Waals surface area contributed by atoms with Crippen LogP contribution in [-0.2, 0) is 4.79 Å². The fourth-order valence-electron chi connectivity index (χ4n) is 1.53. The van der Waals surface area contributed by atoms with Crippen molar-refractivity contribution in [3.63, 3.8) is 0 Å². The maximum absolute atomic E-state index is 10.3. The molecule has 0 fully saturated rings. The van der Waals surface area contributed by atoms with Crippen LogP contribution >= 0.6 is 0 Å². The minimum Gasteiger partial charge on any atom is -0.303 e. The number of aldehydes is 1. The van der Waals surface area contributed by atoms with Gasteiger partial charge in [0.05, 0.1) is 0 Å². The smallest absolute Gasteiger partial charge is 0.122 e. The molecule has 0 rings (SSSR count). The maximum atomic E-state index is 10.3. The summed E-state index contributed by atoms with van der Waals surface area (Å²) in [6.07, 6.45) is 13.0. The van der Waals surface area contributed by atoms with Crippen LogP contribution < -0.4 is 0 Å². The maximum Gasteiger partial charge on any atom is 0.122 e. The number of rotatable bonds is 10. The zero-order chi connectivity index (χ0) is 10.6. The Bertz CT molecular complexity index is 140. The molecule has 0 spiro atoms. The lowest BCUT2D eigenvalue weighted by atomic mass is 10.0. The van der Waals surface area contributed by atoms with Crippen molar-refractivity contribution in [2.45, 2.75) is 58.3 Å². The SMILES string of the molecule is C=CCCCCCCCCC(C)C=O. The Labute approximate surface area is 88.6 Å². The lowest BCUT2D eigenvalue weighted by molar-refractivity contribution is -0.110. The molecule has 1 heteroatoms. The molecule has 0 aliphatic rings. The van der Waals surface area contributed by atoms with Crippen LogP contribution in [0.15, 0.2) is 12.7 Å². The second-order valence-electron chi connectivity index (χ2n) is 4.10. The van der Waals surface area contributed by atoms with E-state index in [1.54, 1.807) is 0 Å². The van der Waals surface area contributed by atoms with Gasteiger partial charge in [0.25, 0.3) is 0 Å². The first kappa shape index (κ1) is 13.4. The summed E-state index contributed by atoms with van der Waals surface area (Å²) in [6, 6.07) is 0. The molecular weight excluding hydrogens is 172 g/mol. The van der Waals surface area contributed by atoms with Gasteiger partial charge in [-0.2, -0.15) is 0 Å². The summed E-state index contributed by atoms with van der Waals surface area (Å²) in [5, 5.41) is 0. The minimum absolute atomic E-state index is 0.260. The monoisotopic (exact) mass is 196 g/mol. The molecule has 1 atom stereocenters. The van der Waals surface area contributed by atoms with Crippen molar-refractivity contribution in [2.24, 2.45) is 5.92 Å². The number of allylic oxidation sites excluding steroid dienone is 1. The molecule has 1 nitrogen and oxygen atoms in total. The topological polar surface area (TPSA) is 17.1 Å². The summed E-state index contributed by atoms with van der Waals surface area (Å²) in [6.45, 7) is 5.70. The van der Waals surface area contributed by atoms with Crippen molar-refractivity contribution in [3.8, 4) is 0 Å². The van der Waals surface area contributed by atoms with Crippen molar-refractivity contribution < 1.29 is 4.79 Å². The van der Waals surface area contributed by atoms with E-state index in [1.807, 2.05) is 13.0 Å². The molecule has 0 amide bonds. The van der Waals surface area contributed by atoms with Crippen molar-refractivity contribution >= 4 is 6.29 Å². The van der Waals surface area contributed by atoms with Gasteiger partial charge in [0.15, 0.2) is 0 Å². The Morgan fingerprint density at radius 3 is 2.21 bits per heavy atom. The fraction of sp³-hybridized carbons (Fsp3) is 0.769. The number of carbonyl (C=O) groups excluding carboxylic acids is 1. The number of carbonyl (C=O) groups is 1. The molecular formula is C13H24O. The molecule has 0 N–H and O–H groups in total. The third-order valence-corrected chi connectivity index (χ3v) is 2.55. The van der Waals surface area contributed by atoms with Crippen LogP contribution in [0.3, 0.4) is 0 Å². The van der Waals surface area contributed by atoms with Gasteiger partial charge in [-0.3, -0.25) is 0 Å². The number of hydrogen-bond donors (Lipinski definition) is 0. The summed E-state index contributed by atoms with van der Waals surface area (Å²) in [5.41, 5.74) is 0. The Kier molecular flexibility index (Phi) is 10.0. The fourth-order valence-corrected chi connectivity index (χ4v) is 1.53. The first-order valence-corrected chi connectivity index (χ1v) is 5.87. The predicted octanol–water partition coefficient (Wildman–Crippen LogP) is 4.13. The van der Waals surface area contributed by atoms with Gasteiger partial charge in [-0.25, -0.2) is 0 Å². The standard InChI is InChI=1S/C13H24O/c1-3-4-5-6-7-8-9-10-11-13(2)12-14/h3,12-13H,1,4-11H2,2H3. The molecule has 14 heavy (non-hydrogen) atoms. The lowest BCUT2D eigenvalue weighted by Crippen LogP contribution is -1.94. The molecule has 0 heterocycles. The quantitative estimate of drug-likeness (QED) is 0.292. The zero-order valence-corrected chi connectivity index (χ0v) is 9.50.